The first-order chi connectivity index (χ1) is 8.65. The monoisotopic (exact) mass is 276 g/mol. The van der Waals surface area contributed by atoms with Crippen molar-refractivity contribution >= 4 is 26.7 Å². The summed E-state index contributed by atoms with van der Waals surface area (Å²) in [6.07, 6.45) is -2.45. The van der Waals surface area contributed by atoms with Crippen molar-refractivity contribution in [2.75, 3.05) is 25.1 Å². The summed E-state index contributed by atoms with van der Waals surface area (Å²) < 4.78 is 41.9. The Morgan fingerprint density at radius 3 is 3.00 bits per heavy atom. The summed E-state index contributed by atoms with van der Waals surface area (Å²) in [5, 5.41) is 3.56. The highest BCUT2D eigenvalue weighted by Gasteiger charge is 2.05. The van der Waals surface area contributed by atoms with Crippen LogP contribution in [0.1, 0.15) is 0 Å². The van der Waals surface area contributed by atoms with Gasteiger partial charge >= 0.3 is 0 Å². The van der Waals surface area contributed by atoms with Gasteiger partial charge in [0.15, 0.2) is 5.13 Å². The van der Waals surface area contributed by atoms with E-state index < -0.39 is 13.0 Å². The largest absolute Gasteiger partial charge is 0.374 e. The summed E-state index contributed by atoms with van der Waals surface area (Å²) in [4.78, 5) is 4.22. The topological polar surface area (TPSA) is 34.2 Å². The third kappa shape index (κ3) is 3.58. The van der Waals surface area contributed by atoms with E-state index >= 15 is 0 Å². The summed E-state index contributed by atoms with van der Waals surface area (Å²) in [5.74, 6) is -0.307. The number of thiazole rings is 1. The number of hydrogen-bond donors (Lipinski definition) is 1. The molecular weight excluding hydrogens is 265 g/mol. The van der Waals surface area contributed by atoms with Gasteiger partial charge in [-0.15, -0.1) is 0 Å². The van der Waals surface area contributed by atoms with Crippen LogP contribution in [0.4, 0.5) is 18.3 Å². The van der Waals surface area contributed by atoms with Gasteiger partial charge in [0.25, 0.3) is 6.43 Å². The number of nitrogens with one attached hydrogen (secondary N) is 1. The molecule has 0 spiro atoms. The van der Waals surface area contributed by atoms with Gasteiger partial charge in [-0.3, -0.25) is 0 Å². The van der Waals surface area contributed by atoms with Gasteiger partial charge in [0.2, 0.25) is 0 Å². The Morgan fingerprint density at radius 2 is 2.22 bits per heavy atom. The fourth-order valence-electron chi connectivity index (χ4n) is 1.38. The Hall–Kier alpha value is -1.34. The van der Waals surface area contributed by atoms with Gasteiger partial charge < -0.3 is 10.1 Å². The minimum Gasteiger partial charge on any atom is -0.374 e. The standard InChI is InChI=1S/C11H11F3N2OS/c12-7-1-2-8-9(5-7)18-11(16-8)15-3-4-17-6-10(13)14/h1-2,5,10H,3-4,6H2,(H,15,16). The van der Waals surface area contributed by atoms with E-state index in [4.69, 9.17) is 4.74 Å². The number of anilines is 1. The van der Waals surface area contributed by atoms with Crippen molar-refractivity contribution in [3.63, 3.8) is 0 Å². The van der Waals surface area contributed by atoms with E-state index in [2.05, 4.69) is 10.3 Å². The molecule has 0 saturated heterocycles. The highest BCUT2D eigenvalue weighted by atomic mass is 32.1. The smallest absolute Gasteiger partial charge is 0.261 e. The molecule has 7 heteroatoms. The molecule has 3 nitrogen and oxygen atoms in total. The summed E-state index contributed by atoms with van der Waals surface area (Å²) in [6, 6.07) is 4.35. The molecule has 1 heterocycles. The molecule has 1 aromatic carbocycles. The quantitative estimate of drug-likeness (QED) is 0.823. The van der Waals surface area contributed by atoms with E-state index in [0.717, 1.165) is 4.70 Å². The number of aromatic nitrogens is 1. The molecule has 0 bridgehead atoms. The van der Waals surface area contributed by atoms with Crippen molar-refractivity contribution in [3.8, 4) is 0 Å². The predicted molar refractivity (Wildman–Crippen MR) is 64.9 cm³/mol. The Morgan fingerprint density at radius 1 is 1.39 bits per heavy atom. The Labute approximate surface area is 106 Å². The van der Waals surface area contributed by atoms with Gasteiger partial charge in [0, 0.05) is 6.54 Å². The molecule has 0 amide bonds. The normalized spacial score (nSPS) is 11.3. The zero-order valence-electron chi connectivity index (χ0n) is 9.33. The van der Waals surface area contributed by atoms with Gasteiger partial charge in [0.05, 0.1) is 16.8 Å². The number of halogens is 3. The van der Waals surface area contributed by atoms with E-state index in [9.17, 15) is 13.2 Å². The molecule has 2 aromatic rings. The third-order valence-corrected chi connectivity index (χ3v) is 3.09. The molecule has 0 radical (unpaired) electrons. The van der Waals surface area contributed by atoms with Gasteiger partial charge in [-0.05, 0) is 18.2 Å². The van der Waals surface area contributed by atoms with Crippen LogP contribution in [-0.4, -0.2) is 31.2 Å². The molecule has 0 aliphatic heterocycles. The molecular formula is C11H11F3N2OS. The number of rotatable bonds is 6. The Balaban J connectivity index is 1.84. The third-order valence-electron chi connectivity index (χ3n) is 2.12. The fourth-order valence-corrected chi connectivity index (χ4v) is 2.29. The molecule has 0 unspecified atom stereocenters. The van der Waals surface area contributed by atoms with Crippen LogP contribution < -0.4 is 5.32 Å². The zero-order valence-corrected chi connectivity index (χ0v) is 10.1. The SMILES string of the molecule is Fc1ccc2nc(NCCOCC(F)F)sc2c1. The van der Waals surface area contributed by atoms with Gasteiger partial charge in [-0.1, -0.05) is 11.3 Å². The van der Waals surface area contributed by atoms with Crippen LogP contribution in [0.5, 0.6) is 0 Å². The maximum atomic E-state index is 12.9. The minimum atomic E-state index is -2.45. The van der Waals surface area contributed by atoms with Crippen LogP contribution in [0, 0.1) is 5.82 Å². The zero-order chi connectivity index (χ0) is 13.0. The highest BCUT2D eigenvalue weighted by molar-refractivity contribution is 7.22. The average Bonchev–Trinajstić information content (AvgIpc) is 2.70. The van der Waals surface area contributed by atoms with Crippen molar-refractivity contribution in [2.45, 2.75) is 6.43 Å². The lowest BCUT2D eigenvalue weighted by Crippen LogP contribution is -2.12. The summed E-state index contributed by atoms with van der Waals surface area (Å²) >= 11 is 1.31. The van der Waals surface area contributed by atoms with Crippen LogP contribution >= 0.6 is 11.3 Å². The molecule has 0 fully saturated rings. The number of alkyl halides is 2. The molecule has 98 valence electrons. The van der Waals surface area contributed by atoms with Crippen LogP contribution in [0.3, 0.4) is 0 Å². The van der Waals surface area contributed by atoms with E-state index in [-0.39, 0.29) is 12.4 Å². The molecule has 2 rings (SSSR count). The lowest BCUT2D eigenvalue weighted by atomic mass is 10.3. The van der Waals surface area contributed by atoms with Gasteiger partial charge in [0.1, 0.15) is 12.4 Å². The maximum Gasteiger partial charge on any atom is 0.261 e. The summed E-state index contributed by atoms with van der Waals surface area (Å²) in [7, 11) is 0. The molecule has 0 aliphatic carbocycles. The molecule has 0 aliphatic rings. The van der Waals surface area contributed by atoms with Gasteiger partial charge in [-0.2, -0.15) is 0 Å². The maximum absolute atomic E-state index is 12.9. The van der Waals surface area contributed by atoms with Crippen LogP contribution in [-0.2, 0) is 4.74 Å². The van der Waals surface area contributed by atoms with Crippen molar-refractivity contribution in [3.05, 3.63) is 24.0 Å². The number of benzene rings is 1. The number of fused-ring (bicyclic) bond motifs is 1. The van der Waals surface area contributed by atoms with E-state index in [1.165, 1.54) is 23.5 Å². The fraction of sp³-hybridized carbons (Fsp3) is 0.364. The van der Waals surface area contributed by atoms with Gasteiger partial charge in [-0.25, -0.2) is 18.2 Å². The second-order valence-corrected chi connectivity index (χ2v) is 4.55. The van der Waals surface area contributed by atoms with Crippen molar-refractivity contribution < 1.29 is 17.9 Å². The summed E-state index contributed by atoms with van der Waals surface area (Å²) in [6.45, 7) is -0.00359. The number of hydrogen-bond acceptors (Lipinski definition) is 4. The minimum absolute atomic E-state index is 0.175. The average molecular weight is 276 g/mol. The second kappa shape index (κ2) is 6.01. The first kappa shape index (κ1) is 13.1. The molecule has 0 saturated carbocycles. The lowest BCUT2D eigenvalue weighted by molar-refractivity contribution is 0.0215. The Kier molecular flexibility index (Phi) is 4.38. The first-order valence-corrected chi connectivity index (χ1v) is 6.12. The number of ether oxygens (including phenoxy) is 1. The van der Waals surface area contributed by atoms with Crippen molar-refractivity contribution in [1.29, 1.82) is 0 Å². The van der Waals surface area contributed by atoms with Crippen LogP contribution in [0.2, 0.25) is 0 Å². The Bertz CT molecular complexity index is 518. The van der Waals surface area contributed by atoms with Crippen LogP contribution in [0.15, 0.2) is 18.2 Å². The second-order valence-electron chi connectivity index (χ2n) is 3.52. The molecule has 18 heavy (non-hydrogen) atoms. The first-order valence-electron chi connectivity index (χ1n) is 5.31. The molecule has 1 N–H and O–H groups in total. The van der Waals surface area contributed by atoms with E-state index in [1.54, 1.807) is 6.07 Å². The van der Waals surface area contributed by atoms with Crippen LogP contribution in [0.25, 0.3) is 10.2 Å². The molecule has 0 atom stereocenters. The van der Waals surface area contributed by atoms with Crippen molar-refractivity contribution in [2.24, 2.45) is 0 Å². The molecule has 1 aromatic heterocycles. The van der Waals surface area contributed by atoms with E-state index in [1.807, 2.05) is 0 Å². The lowest BCUT2D eigenvalue weighted by Gasteiger charge is -2.03. The van der Waals surface area contributed by atoms with Crippen molar-refractivity contribution in [1.82, 2.24) is 4.98 Å². The highest BCUT2D eigenvalue weighted by Crippen LogP contribution is 2.26. The number of nitrogens with zero attached hydrogens (tertiary/aromatic N) is 1. The predicted octanol–water partition coefficient (Wildman–Crippen LogP) is 3.13. The van der Waals surface area contributed by atoms with E-state index in [0.29, 0.717) is 17.2 Å². The summed E-state index contributed by atoms with van der Waals surface area (Å²) in [5.41, 5.74) is 0.706.